The molecule has 2 aromatic carbocycles. The van der Waals surface area contributed by atoms with Gasteiger partial charge < -0.3 is 30.3 Å². The average Bonchev–Trinajstić information content (AvgIpc) is 4.03. The quantitative estimate of drug-likeness (QED) is 0.109. The van der Waals surface area contributed by atoms with Crippen LogP contribution in [0.25, 0.3) is 21.7 Å². The van der Waals surface area contributed by atoms with Crippen molar-refractivity contribution in [2.24, 2.45) is 11.8 Å². The second-order valence-corrected chi connectivity index (χ2v) is 19.4. The molecule has 13 nitrogen and oxygen atoms in total. The number of aromatic hydroxyl groups is 1. The average molecular weight is 832 g/mol. The summed E-state index contributed by atoms with van der Waals surface area (Å²) in [5, 5.41) is 41.6. The monoisotopic (exact) mass is 831 g/mol. The largest absolute Gasteiger partial charge is 0.507 e. The highest BCUT2D eigenvalue weighted by molar-refractivity contribution is 7.13. The van der Waals surface area contributed by atoms with Crippen LogP contribution >= 0.6 is 11.3 Å². The van der Waals surface area contributed by atoms with E-state index in [1.165, 1.54) is 0 Å². The summed E-state index contributed by atoms with van der Waals surface area (Å²) in [7, 11) is 0. The highest BCUT2D eigenvalue weighted by atomic mass is 32.1. The standard InChI is InChI=1S/C46H57N9O4S/c1-28(2)36(24-55-23-34(56)19-38(55)44(58)49-45(4,5)33-12-10-31(11-13-33)42-29(3)47-27-60-42)40-20-41(52-59-40)54-16-14-30(15-17-54)22-53-25-46(26-53)21-32-18-37(50-51-43(32)48-46)35-8-6-7-9-39(35)57/h6-13,18,20,27-28,30,34,36,38,56-57H,14-17,19,21-26H2,1-5H3,(H,48,51)(H,49,58)/t34-,36?,38+/m1/s1. The van der Waals surface area contributed by atoms with E-state index in [0.717, 1.165) is 96.6 Å². The molecule has 3 atom stereocenters. The molecule has 4 aliphatic rings. The fraction of sp³-hybridized carbons (Fsp3) is 0.500. The number of likely N-dealkylation sites (tertiary alicyclic amines) is 2. The number of nitrogens with one attached hydrogen (secondary N) is 2. The normalized spacial score (nSPS) is 21.3. The molecule has 3 saturated heterocycles. The molecular formula is C46H57N9O4S. The maximum atomic E-state index is 13.9. The number of aliphatic hydroxyl groups excluding tert-OH is 1. The zero-order valence-electron chi connectivity index (χ0n) is 35.3. The van der Waals surface area contributed by atoms with Crippen molar-refractivity contribution in [1.29, 1.82) is 0 Å². The predicted octanol–water partition coefficient (Wildman–Crippen LogP) is 6.43. The summed E-state index contributed by atoms with van der Waals surface area (Å²) >= 11 is 1.63. The van der Waals surface area contributed by atoms with Crippen LogP contribution < -0.4 is 15.5 Å². The third-order valence-corrected chi connectivity index (χ3v) is 14.3. The minimum Gasteiger partial charge on any atom is -0.507 e. The summed E-state index contributed by atoms with van der Waals surface area (Å²) in [4.78, 5) is 26.5. The molecule has 3 aromatic heterocycles. The van der Waals surface area contributed by atoms with E-state index in [1.807, 2.05) is 44.5 Å². The van der Waals surface area contributed by atoms with Gasteiger partial charge in [0.25, 0.3) is 0 Å². The number of aromatic nitrogens is 4. The molecule has 4 N–H and O–H groups in total. The number of benzene rings is 2. The molecule has 14 heteroatoms. The predicted molar refractivity (Wildman–Crippen MR) is 234 cm³/mol. The lowest BCUT2D eigenvalue weighted by atomic mass is 9.85. The summed E-state index contributed by atoms with van der Waals surface area (Å²) < 4.78 is 6.07. The zero-order valence-corrected chi connectivity index (χ0v) is 36.1. The molecule has 7 heterocycles. The third kappa shape index (κ3) is 8.14. The molecule has 60 heavy (non-hydrogen) atoms. The lowest BCUT2D eigenvalue weighted by Crippen LogP contribution is -2.66. The van der Waals surface area contributed by atoms with Crippen molar-refractivity contribution in [2.75, 3.05) is 56.0 Å². The first-order valence-electron chi connectivity index (χ1n) is 21.5. The van der Waals surface area contributed by atoms with Crippen molar-refractivity contribution < 1.29 is 19.5 Å². The van der Waals surface area contributed by atoms with Crippen LogP contribution in [0.5, 0.6) is 5.75 Å². The highest BCUT2D eigenvalue weighted by Crippen LogP contribution is 2.40. The van der Waals surface area contributed by atoms with Crippen molar-refractivity contribution in [1.82, 2.24) is 35.5 Å². The summed E-state index contributed by atoms with van der Waals surface area (Å²) in [5.41, 5.74) is 6.99. The Balaban J connectivity index is 0.765. The lowest BCUT2D eigenvalue weighted by Gasteiger charge is -2.50. The molecule has 0 aliphatic carbocycles. The van der Waals surface area contributed by atoms with Gasteiger partial charge >= 0.3 is 0 Å². The Labute approximate surface area is 356 Å². The van der Waals surface area contributed by atoms with E-state index in [9.17, 15) is 15.0 Å². The van der Waals surface area contributed by atoms with Crippen molar-refractivity contribution in [3.05, 3.63) is 88.8 Å². The Hall–Kier alpha value is -4.89. The van der Waals surface area contributed by atoms with Gasteiger partial charge in [-0.1, -0.05) is 55.4 Å². The summed E-state index contributed by atoms with van der Waals surface area (Å²) in [6.45, 7) is 16.4. The van der Waals surface area contributed by atoms with Gasteiger partial charge in [-0.15, -0.1) is 21.5 Å². The molecule has 0 radical (unpaired) electrons. The number of hydrogen-bond donors (Lipinski definition) is 4. The van der Waals surface area contributed by atoms with Crippen molar-refractivity contribution in [3.8, 4) is 27.4 Å². The Morgan fingerprint density at radius 1 is 1.08 bits per heavy atom. The highest BCUT2D eigenvalue weighted by Gasteiger charge is 2.48. The minimum absolute atomic E-state index is 0.00176. The Morgan fingerprint density at radius 2 is 1.85 bits per heavy atom. The molecule has 0 bridgehead atoms. The minimum atomic E-state index is -0.601. The number of piperidine rings is 1. The van der Waals surface area contributed by atoms with E-state index in [4.69, 9.17) is 4.52 Å². The van der Waals surface area contributed by atoms with Crippen LogP contribution in [0.3, 0.4) is 0 Å². The van der Waals surface area contributed by atoms with Gasteiger partial charge in [-0.2, -0.15) is 0 Å². The molecule has 3 fully saturated rings. The van der Waals surface area contributed by atoms with Crippen molar-refractivity contribution in [2.45, 2.75) is 89.4 Å². The summed E-state index contributed by atoms with van der Waals surface area (Å²) in [6.07, 6.45) is 2.92. The summed E-state index contributed by atoms with van der Waals surface area (Å²) in [5.74, 6) is 3.57. The molecule has 5 aromatic rings. The van der Waals surface area contributed by atoms with Gasteiger partial charge in [-0.25, -0.2) is 4.98 Å². The number of rotatable bonds is 12. The number of fused-ring (bicyclic) bond motifs is 1. The van der Waals surface area contributed by atoms with Gasteiger partial charge in [0.05, 0.1) is 45.0 Å². The lowest BCUT2D eigenvalue weighted by molar-refractivity contribution is -0.127. The van der Waals surface area contributed by atoms with Crippen LogP contribution in [-0.2, 0) is 16.8 Å². The number of aliphatic hydroxyl groups is 1. The topological polar surface area (TPSA) is 156 Å². The van der Waals surface area contributed by atoms with Crippen LogP contribution in [0, 0.1) is 18.8 Å². The Kier molecular flexibility index (Phi) is 10.9. The number of thiazole rings is 1. The maximum Gasteiger partial charge on any atom is 0.238 e. The van der Waals surface area contributed by atoms with Gasteiger partial charge in [0.2, 0.25) is 5.91 Å². The zero-order chi connectivity index (χ0) is 41.8. The number of phenolic OH excluding ortho intramolecular Hbond substituents is 1. The molecule has 1 spiro atoms. The molecule has 316 valence electrons. The fourth-order valence-corrected chi connectivity index (χ4v) is 10.7. The number of amides is 1. The van der Waals surface area contributed by atoms with E-state index >= 15 is 0 Å². The van der Waals surface area contributed by atoms with Crippen LogP contribution in [0.1, 0.15) is 75.5 Å². The van der Waals surface area contributed by atoms with Crippen LogP contribution in [-0.4, -0.2) is 110 Å². The van der Waals surface area contributed by atoms with Gasteiger partial charge in [0.1, 0.15) is 11.5 Å². The first-order chi connectivity index (χ1) is 28.8. The molecule has 9 rings (SSSR count). The fourth-order valence-electron chi connectivity index (χ4n) is 9.91. The molecule has 1 unspecified atom stereocenters. The van der Waals surface area contributed by atoms with Crippen LogP contribution in [0.15, 0.2) is 70.7 Å². The number of phenols is 1. The van der Waals surface area contributed by atoms with E-state index < -0.39 is 17.7 Å². The number of para-hydroxylation sites is 1. The molecule has 1 amide bonds. The Morgan fingerprint density at radius 3 is 2.57 bits per heavy atom. The molecule has 4 aliphatic heterocycles. The van der Waals surface area contributed by atoms with Gasteiger partial charge in [-0.3, -0.25) is 14.6 Å². The first kappa shape index (κ1) is 40.5. The first-order valence-corrected chi connectivity index (χ1v) is 22.3. The van der Waals surface area contributed by atoms with E-state index in [1.54, 1.807) is 17.4 Å². The van der Waals surface area contributed by atoms with Crippen molar-refractivity contribution in [3.63, 3.8) is 0 Å². The third-order valence-electron chi connectivity index (χ3n) is 13.3. The van der Waals surface area contributed by atoms with E-state index in [-0.39, 0.29) is 29.0 Å². The number of aryl methyl sites for hydroxylation is 1. The van der Waals surface area contributed by atoms with Gasteiger partial charge in [0.15, 0.2) is 11.6 Å². The van der Waals surface area contributed by atoms with E-state index in [0.29, 0.717) is 36.7 Å². The second kappa shape index (κ2) is 16.2. The SMILES string of the molecule is Cc1ncsc1-c1ccc(C(C)(C)NC(=O)[C@@H]2C[C@@H](O)CN2CC(c2cc(N3CCC(CN4CC5(Cc6cc(-c7ccccc7O)nnc6N5)C4)CC3)no2)C(C)C)cc1. The Bertz CT molecular complexity index is 2310. The number of carbonyl (C=O) groups excluding carboxylic acids is 1. The molecule has 0 saturated carbocycles. The van der Waals surface area contributed by atoms with Crippen molar-refractivity contribution >= 4 is 28.9 Å². The number of carbonyl (C=O) groups is 1. The smallest absolute Gasteiger partial charge is 0.238 e. The number of β-amino-alcohol motifs (C(OH)–C–C–N with tert-alkyl or cyclic N) is 1. The number of hydrogen-bond acceptors (Lipinski definition) is 13. The van der Waals surface area contributed by atoms with Crippen LogP contribution in [0.4, 0.5) is 11.6 Å². The number of anilines is 2. The second-order valence-electron chi connectivity index (χ2n) is 18.6. The summed E-state index contributed by atoms with van der Waals surface area (Å²) in [6, 6.07) is 19.3. The maximum absolute atomic E-state index is 13.9. The van der Waals surface area contributed by atoms with Gasteiger partial charge in [-0.05, 0) is 81.2 Å². The molecular weight excluding hydrogens is 775 g/mol. The van der Waals surface area contributed by atoms with Crippen LogP contribution in [0.2, 0.25) is 0 Å². The van der Waals surface area contributed by atoms with E-state index in [2.05, 4.69) is 95.9 Å². The number of nitrogens with zero attached hydrogens (tertiary/aromatic N) is 7. The van der Waals surface area contributed by atoms with Gasteiger partial charge in [0, 0.05) is 75.3 Å².